The van der Waals surface area contributed by atoms with Crippen molar-refractivity contribution in [1.82, 2.24) is 14.6 Å². The van der Waals surface area contributed by atoms with Crippen LogP contribution in [0.5, 0.6) is 5.75 Å². The first-order chi connectivity index (χ1) is 5.70. The van der Waals surface area contributed by atoms with Gasteiger partial charge in [0.1, 0.15) is 5.52 Å². The molecule has 0 saturated heterocycles. The van der Waals surface area contributed by atoms with Crippen molar-refractivity contribution in [3.63, 3.8) is 0 Å². The zero-order chi connectivity index (χ0) is 8.72. The normalized spacial score (nSPS) is 10.8. The van der Waals surface area contributed by atoms with E-state index >= 15 is 0 Å². The van der Waals surface area contributed by atoms with Gasteiger partial charge in [0.15, 0.2) is 5.75 Å². The summed E-state index contributed by atoms with van der Waals surface area (Å²) in [7, 11) is 0. The van der Waals surface area contributed by atoms with Crippen molar-refractivity contribution in [2.24, 2.45) is 0 Å². The maximum atomic E-state index is 9.30. The van der Waals surface area contributed by atoms with Crippen LogP contribution < -0.4 is 0 Å². The predicted molar refractivity (Wildman–Crippen MR) is 44.1 cm³/mol. The number of nitrogens with zero attached hydrogens (tertiary/aromatic N) is 3. The quantitative estimate of drug-likeness (QED) is 0.631. The lowest BCUT2D eigenvalue weighted by molar-refractivity contribution is 0.481. The lowest BCUT2D eigenvalue weighted by atomic mass is 10.3. The average molecular weight is 163 g/mol. The number of aromatic hydroxyl groups is 1. The van der Waals surface area contributed by atoms with Gasteiger partial charge in [-0.1, -0.05) is 0 Å². The Morgan fingerprint density at radius 2 is 2.08 bits per heavy atom. The fraction of sp³-hybridized carbons (Fsp3) is 0.250. The average Bonchev–Trinajstić information content (AvgIpc) is 2.41. The van der Waals surface area contributed by atoms with Gasteiger partial charge in [-0.05, 0) is 13.8 Å². The van der Waals surface area contributed by atoms with Gasteiger partial charge in [-0.25, -0.2) is 4.52 Å². The molecule has 0 aliphatic heterocycles. The molecule has 0 spiro atoms. The lowest BCUT2D eigenvalue weighted by Gasteiger charge is -2.00. The van der Waals surface area contributed by atoms with Crippen LogP contribution in [0.3, 0.4) is 0 Å². The summed E-state index contributed by atoms with van der Waals surface area (Å²) in [6.45, 7) is 3.83. The molecule has 2 heterocycles. The minimum atomic E-state index is 0.172. The molecule has 0 amide bonds. The summed E-state index contributed by atoms with van der Waals surface area (Å²) in [6, 6.07) is 0. The van der Waals surface area contributed by atoms with Crippen molar-refractivity contribution >= 4 is 5.52 Å². The van der Waals surface area contributed by atoms with Gasteiger partial charge in [-0.15, -0.1) is 0 Å². The number of rotatable bonds is 0. The summed E-state index contributed by atoms with van der Waals surface area (Å²) in [6.07, 6.45) is 3.04. The predicted octanol–water partition coefficient (Wildman–Crippen LogP) is 1.05. The van der Waals surface area contributed by atoms with Crippen LogP contribution in [0.25, 0.3) is 5.52 Å². The van der Waals surface area contributed by atoms with Gasteiger partial charge in [0.2, 0.25) is 0 Å². The summed E-state index contributed by atoms with van der Waals surface area (Å²) in [5.74, 6) is 0.172. The van der Waals surface area contributed by atoms with E-state index in [1.807, 2.05) is 13.8 Å². The zero-order valence-electron chi connectivity index (χ0n) is 6.94. The topological polar surface area (TPSA) is 50.4 Å². The highest BCUT2D eigenvalue weighted by Crippen LogP contribution is 2.17. The molecule has 0 saturated carbocycles. The molecule has 2 rings (SSSR count). The molecule has 0 radical (unpaired) electrons. The Bertz CT molecular complexity index is 433. The van der Waals surface area contributed by atoms with Gasteiger partial charge in [0.05, 0.1) is 23.8 Å². The first-order valence-corrected chi connectivity index (χ1v) is 3.69. The zero-order valence-corrected chi connectivity index (χ0v) is 6.94. The fourth-order valence-electron chi connectivity index (χ4n) is 1.14. The van der Waals surface area contributed by atoms with Gasteiger partial charge in [-0.3, -0.25) is 4.98 Å². The van der Waals surface area contributed by atoms with E-state index in [0.29, 0.717) is 5.52 Å². The van der Waals surface area contributed by atoms with Crippen molar-refractivity contribution in [3.8, 4) is 5.75 Å². The molecule has 0 aromatic carbocycles. The second kappa shape index (κ2) is 2.20. The van der Waals surface area contributed by atoms with E-state index in [1.165, 1.54) is 6.20 Å². The van der Waals surface area contributed by atoms with Crippen LogP contribution >= 0.6 is 0 Å². The highest BCUT2D eigenvalue weighted by molar-refractivity contribution is 5.57. The smallest absolute Gasteiger partial charge is 0.163 e. The third-order valence-electron chi connectivity index (χ3n) is 2.01. The van der Waals surface area contributed by atoms with E-state index in [9.17, 15) is 5.11 Å². The summed E-state index contributed by atoms with van der Waals surface area (Å²) < 4.78 is 1.68. The van der Waals surface area contributed by atoms with Crippen LogP contribution in [-0.4, -0.2) is 19.7 Å². The van der Waals surface area contributed by atoms with E-state index in [4.69, 9.17) is 0 Å². The second-order valence-corrected chi connectivity index (χ2v) is 2.76. The molecule has 12 heavy (non-hydrogen) atoms. The summed E-state index contributed by atoms with van der Waals surface area (Å²) in [5.41, 5.74) is 2.52. The molecular formula is C8H9N3O. The van der Waals surface area contributed by atoms with E-state index in [2.05, 4.69) is 10.1 Å². The van der Waals surface area contributed by atoms with E-state index in [0.717, 1.165) is 11.4 Å². The van der Waals surface area contributed by atoms with Crippen LogP contribution in [0.15, 0.2) is 12.4 Å². The van der Waals surface area contributed by atoms with Gasteiger partial charge >= 0.3 is 0 Å². The minimum Gasteiger partial charge on any atom is -0.504 e. The Hall–Kier alpha value is -1.58. The standard InChI is InChI=1S/C8H9N3O/c1-5-6(2)11-7(3-9-5)8(12)4-10-11/h3-4,12H,1-2H3. The summed E-state index contributed by atoms with van der Waals surface area (Å²) in [5, 5.41) is 13.3. The Morgan fingerprint density at radius 3 is 2.83 bits per heavy atom. The third kappa shape index (κ3) is 0.777. The monoisotopic (exact) mass is 163 g/mol. The van der Waals surface area contributed by atoms with Crippen LogP contribution in [0, 0.1) is 13.8 Å². The molecule has 0 aliphatic carbocycles. The van der Waals surface area contributed by atoms with Gasteiger partial charge < -0.3 is 5.11 Å². The first kappa shape index (κ1) is 7.09. The molecule has 0 unspecified atom stereocenters. The number of hydrogen-bond donors (Lipinski definition) is 1. The highest BCUT2D eigenvalue weighted by Gasteiger charge is 2.05. The summed E-state index contributed by atoms with van der Waals surface area (Å²) in [4.78, 5) is 4.12. The van der Waals surface area contributed by atoms with E-state index in [-0.39, 0.29) is 5.75 Å². The number of aromatic nitrogens is 3. The third-order valence-corrected chi connectivity index (χ3v) is 2.01. The molecule has 2 aromatic rings. The molecule has 4 heteroatoms. The SMILES string of the molecule is Cc1ncc2c(O)cnn2c1C. The number of fused-ring (bicyclic) bond motifs is 1. The Morgan fingerprint density at radius 1 is 1.33 bits per heavy atom. The molecule has 62 valence electrons. The summed E-state index contributed by atoms with van der Waals surface area (Å²) >= 11 is 0. The van der Waals surface area contributed by atoms with Gasteiger partial charge in [0.25, 0.3) is 0 Å². The molecule has 0 aliphatic rings. The van der Waals surface area contributed by atoms with Crippen molar-refractivity contribution in [1.29, 1.82) is 0 Å². The van der Waals surface area contributed by atoms with Crippen molar-refractivity contribution in [3.05, 3.63) is 23.8 Å². The molecule has 0 atom stereocenters. The number of hydrogen-bond acceptors (Lipinski definition) is 3. The molecule has 2 aromatic heterocycles. The molecule has 4 nitrogen and oxygen atoms in total. The Balaban J connectivity index is 2.93. The van der Waals surface area contributed by atoms with Gasteiger partial charge in [0, 0.05) is 0 Å². The lowest BCUT2D eigenvalue weighted by Crippen LogP contribution is -1.97. The number of aryl methyl sites for hydroxylation is 2. The van der Waals surface area contributed by atoms with Crippen LogP contribution in [0.2, 0.25) is 0 Å². The molecule has 0 bridgehead atoms. The maximum absolute atomic E-state index is 9.30. The molecular weight excluding hydrogens is 154 g/mol. The Labute approximate surface area is 69.5 Å². The van der Waals surface area contributed by atoms with E-state index < -0.39 is 0 Å². The molecule has 0 fully saturated rings. The first-order valence-electron chi connectivity index (χ1n) is 3.69. The Kier molecular flexibility index (Phi) is 1.30. The van der Waals surface area contributed by atoms with Crippen molar-refractivity contribution in [2.45, 2.75) is 13.8 Å². The van der Waals surface area contributed by atoms with Crippen molar-refractivity contribution < 1.29 is 5.11 Å². The largest absolute Gasteiger partial charge is 0.504 e. The maximum Gasteiger partial charge on any atom is 0.163 e. The van der Waals surface area contributed by atoms with Crippen LogP contribution in [-0.2, 0) is 0 Å². The van der Waals surface area contributed by atoms with E-state index in [1.54, 1.807) is 10.7 Å². The highest BCUT2D eigenvalue weighted by atomic mass is 16.3. The van der Waals surface area contributed by atoms with Gasteiger partial charge in [-0.2, -0.15) is 5.10 Å². The second-order valence-electron chi connectivity index (χ2n) is 2.76. The molecule has 1 N–H and O–H groups in total. The van der Waals surface area contributed by atoms with Crippen molar-refractivity contribution in [2.75, 3.05) is 0 Å². The fourth-order valence-corrected chi connectivity index (χ4v) is 1.14. The minimum absolute atomic E-state index is 0.172. The van der Waals surface area contributed by atoms with Crippen LogP contribution in [0.4, 0.5) is 0 Å². The van der Waals surface area contributed by atoms with Crippen LogP contribution in [0.1, 0.15) is 11.4 Å².